The Bertz CT molecular complexity index is 211. The summed E-state index contributed by atoms with van der Waals surface area (Å²) in [6.45, 7) is 0. The maximum Gasteiger partial charge on any atom is 3.00 e. The van der Waals surface area contributed by atoms with Crippen LogP contribution in [0.3, 0.4) is 0 Å². The van der Waals surface area contributed by atoms with Crippen molar-refractivity contribution in [1.82, 2.24) is 12.3 Å². The van der Waals surface area contributed by atoms with Crippen molar-refractivity contribution in [2.24, 2.45) is 0 Å². The van der Waals surface area contributed by atoms with Gasteiger partial charge in [0.25, 0.3) is 0 Å². The molecule has 0 fully saturated rings. The van der Waals surface area contributed by atoms with Crippen LogP contribution in [0.5, 0.6) is 0 Å². The van der Waals surface area contributed by atoms with E-state index in [1.165, 1.54) is 0 Å². The zero-order valence-electron chi connectivity index (χ0n) is 10.9. The SMILES string of the molecule is O=[N+]([O-])[O-].O=[N+]([O-])[O-].O=[N+]([O-])[O-].O=[N+]([O-])[O-].O=[N+]([O-])[O-].[NH4+].[NH4+].[Nd+3]. The zero-order chi connectivity index (χ0) is 17.9. The normalized spacial score (nSPS) is 5.22. The Morgan fingerprint density at radius 3 is 0.348 bits per heavy atom. The Kier molecular flexibility index (Phi) is 92.9. The van der Waals surface area contributed by atoms with Crippen LogP contribution in [0.15, 0.2) is 0 Å². The Balaban J connectivity index is -0.0000000197. The Labute approximate surface area is 155 Å². The smallest absolute Gasteiger partial charge is 0.369 e. The fourth-order valence-electron chi connectivity index (χ4n) is 0. The van der Waals surface area contributed by atoms with E-state index in [4.69, 9.17) is 76.6 Å². The van der Waals surface area contributed by atoms with E-state index in [9.17, 15) is 0 Å². The minimum atomic E-state index is -1.75. The Hall–Kier alpha value is -2.73. The third-order valence-corrected chi connectivity index (χ3v) is 0. The maximum absolute atomic E-state index is 8.25. The van der Waals surface area contributed by atoms with Gasteiger partial charge in [0.2, 0.25) is 0 Å². The van der Waals surface area contributed by atoms with E-state index in [0.717, 1.165) is 0 Å². The first kappa shape index (κ1) is 50.0. The second-order valence-corrected chi connectivity index (χ2v) is 1.12. The van der Waals surface area contributed by atoms with Gasteiger partial charge in [-0.05, 0) is 0 Å². The second kappa shape index (κ2) is 42.7. The molecule has 23 heteroatoms. The fraction of sp³-hybridized carbons (Fsp3) is 0. The van der Waals surface area contributed by atoms with Gasteiger partial charge in [0.1, 0.15) is 0 Å². The van der Waals surface area contributed by atoms with E-state index in [1.54, 1.807) is 0 Å². The molecular weight excluding hydrogens is 482 g/mol. The van der Waals surface area contributed by atoms with Crippen molar-refractivity contribution in [3.8, 4) is 0 Å². The van der Waals surface area contributed by atoms with E-state index in [2.05, 4.69) is 0 Å². The van der Waals surface area contributed by atoms with Gasteiger partial charge in [-0.2, -0.15) is 0 Å². The van der Waals surface area contributed by atoms with Gasteiger partial charge in [-0.1, -0.05) is 0 Å². The summed E-state index contributed by atoms with van der Waals surface area (Å²) in [5.41, 5.74) is 0. The van der Waals surface area contributed by atoms with Crippen LogP contribution >= 0.6 is 0 Å². The molecule has 0 aromatic rings. The summed E-state index contributed by atoms with van der Waals surface area (Å²) in [7, 11) is 0. The van der Waals surface area contributed by atoms with Crippen LogP contribution in [-0.2, 0) is 0 Å². The zero-order valence-corrected chi connectivity index (χ0v) is 14.1. The van der Waals surface area contributed by atoms with Crippen LogP contribution in [0.25, 0.3) is 0 Å². The minimum absolute atomic E-state index is 0. The van der Waals surface area contributed by atoms with E-state index in [0.29, 0.717) is 0 Å². The van der Waals surface area contributed by atoms with Crippen molar-refractivity contribution in [3.63, 3.8) is 0 Å². The van der Waals surface area contributed by atoms with Crippen LogP contribution in [0.4, 0.5) is 0 Å². The van der Waals surface area contributed by atoms with Crippen LogP contribution in [0.1, 0.15) is 0 Å². The number of rotatable bonds is 0. The minimum Gasteiger partial charge on any atom is -0.369 e. The van der Waals surface area contributed by atoms with E-state index in [1.807, 2.05) is 0 Å². The number of quaternary nitrogens is 2. The maximum atomic E-state index is 8.25. The van der Waals surface area contributed by atoms with Crippen molar-refractivity contribution in [1.29, 1.82) is 0 Å². The molecule has 23 heavy (non-hydrogen) atoms. The molecule has 0 aliphatic heterocycles. The van der Waals surface area contributed by atoms with Gasteiger partial charge >= 0.3 is 40.8 Å². The molecule has 0 atom stereocenters. The van der Waals surface area contributed by atoms with Crippen LogP contribution in [0, 0.1) is 117 Å². The summed E-state index contributed by atoms with van der Waals surface area (Å²) >= 11 is 0. The first-order chi connectivity index (χ1) is 8.66. The standard InChI is InChI=1S/5NO3.2H3N.Nd/c5*2-1(3)4;;;/h;;;;;2*1H3;/q5*-1;;;+3/p+2. The van der Waals surface area contributed by atoms with E-state index >= 15 is 0 Å². The Morgan fingerprint density at radius 1 is 0.348 bits per heavy atom. The molecule has 0 aromatic heterocycles. The molecule has 1 radical (unpaired) electrons. The summed E-state index contributed by atoms with van der Waals surface area (Å²) in [4.78, 5) is 41.2. The van der Waals surface area contributed by atoms with Gasteiger partial charge < -0.3 is 88.9 Å². The first-order valence-electron chi connectivity index (χ1n) is 2.74. The molecule has 137 valence electrons. The molecule has 0 unspecified atom stereocenters. The number of nitrogens with zero attached hydrogens (tertiary/aromatic N) is 5. The molecule has 0 amide bonds. The van der Waals surface area contributed by atoms with Crippen molar-refractivity contribution < 1.29 is 66.3 Å². The van der Waals surface area contributed by atoms with Gasteiger partial charge in [-0.15, -0.1) is 0 Å². The van der Waals surface area contributed by atoms with Crippen LogP contribution in [0.2, 0.25) is 0 Å². The summed E-state index contributed by atoms with van der Waals surface area (Å²) in [5, 5.41) is 73.8. The average molecular weight is 490 g/mol. The molecule has 0 bridgehead atoms. The molecule has 0 saturated heterocycles. The van der Waals surface area contributed by atoms with Gasteiger partial charge in [0.05, 0.1) is 25.4 Å². The van der Waals surface area contributed by atoms with Crippen molar-refractivity contribution in [2.75, 3.05) is 0 Å². The van der Waals surface area contributed by atoms with Crippen molar-refractivity contribution in [2.45, 2.75) is 0 Å². The Morgan fingerprint density at radius 2 is 0.348 bits per heavy atom. The summed E-state index contributed by atoms with van der Waals surface area (Å²) in [5.74, 6) is 0. The molecule has 0 rings (SSSR count). The predicted molar refractivity (Wildman–Crippen MR) is 63.8 cm³/mol. The molecule has 0 spiro atoms. The van der Waals surface area contributed by atoms with Crippen molar-refractivity contribution in [3.05, 3.63) is 76.6 Å². The molecule has 8 N–H and O–H groups in total. The molecule has 22 nitrogen and oxygen atoms in total. The first-order valence-corrected chi connectivity index (χ1v) is 2.74. The molecule has 0 saturated carbocycles. The molecule has 0 heterocycles. The summed E-state index contributed by atoms with van der Waals surface area (Å²) < 4.78 is 0. The monoisotopic (exact) mass is 488 g/mol. The largest absolute Gasteiger partial charge is 3.00 e. The molecular formula is H8N7NdO15. The van der Waals surface area contributed by atoms with E-state index < -0.39 is 25.4 Å². The van der Waals surface area contributed by atoms with E-state index in [-0.39, 0.29) is 53.1 Å². The topological polar surface area (TPSA) is 404 Å². The third-order valence-electron chi connectivity index (χ3n) is 0. The average Bonchev–Trinajstić information content (AvgIpc) is 1.94. The summed E-state index contributed by atoms with van der Waals surface area (Å²) in [6.07, 6.45) is 0. The van der Waals surface area contributed by atoms with Gasteiger partial charge in [0.15, 0.2) is 0 Å². The second-order valence-electron chi connectivity index (χ2n) is 1.12. The fourth-order valence-corrected chi connectivity index (χ4v) is 0. The van der Waals surface area contributed by atoms with Crippen LogP contribution in [-0.4, -0.2) is 25.4 Å². The van der Waals surface area contributed by atoms with Crippen LogP contribution < -0.4 is 12.3 Å². The number of hydrogen-bond acceptors (Lipinski definition) is 15. The number of hydrogen-bond donors (Lipinski definition) is 2. The van der Waals surface area contributed by atoms with Gasteiger partial charge in [-0.3, -0.25) is 0 Å². The predicted octanol–water partition coefficient (Wildman–Crippen LogP) is -0.443. The van der Waals surface area contributed by atoms with Crippen molar-refractivity contribution >= 4 is 0 Å². The molecule has 0 aromatic carbocycles. The third kappa shape index (κ3) is 772. The molecule has 0 aliphatic rings. The summed E-state index contributed by atoms with van der Waals surface area (Å²) in [6, 6.07) is 0. The molecule has 0 aliphatic carbocycles. The quantitative estimate of drug-likeness (QED) is 0.320. The van der Waals surface area contributed by atoms with Gasteiger partial charge in [0, 0.05) is 0 Å². The van der Waals surface area contributed by atoms with Gasteiger partial charge in [-0.25, -0.2) is 0 Å².